The molecule has 0 bridgehead atoms. The second-order valence-electron chi connectivity index (χ2n) is 9.88. The van der Waals surface area contributed by atoms with Crippen LogP contribution in [0.15, 0.2) is 30.6 Å². The van der Waals surface area contributed by atoms with Gasteiger partial charge in [0.25, 0.3) is 0 Å². The first-order valence-corrected chi connectivity index (χ1v) is 12.7. The third-order valence-corrected chi connectivity index (χ3v) is 7.72. The van der Waals surface area contributed by atoms with Gasteiger partial charge in [0.05, 0.1) is 48.2 Å². The Hall–Kier alpha value is -2.89. The number of hydrogen-bond donors (Lipinski definition) is 1. The molecule has 184 valence electrons. The van der Waals surface area contributed by atoms with E-state index >= 15 is 0 Å². The number of benzene rings is 1. The van der Waals surface area contributed by atoms with Gasteiger partial charge in [-0.1, -0.05) is 17.7 Å². The van der Waals surface area contributed by atoms with Crippen LogP contribution in [0.5, 0.6) is 5.75 Å². The molecule has 1 aromatic heterocycles. The molecule has 2 aromatic rings. The van der Waals surface area contributed by atoms with Crippen LogP contribution in [0.25, 0.3) is 0 Å². The Morgan fingerprint density at radius 3 is 2.66 bits per heavy atom. The number of hydrogen-bond acceptors (Lipinski definition) is 7. The number of halogens is 1. The minimum atomic E-state index is -0.423. The van der Waals surface area contributed by atoms with Gasteiger partial charge < -0.3 is 19.6 Å². The monoisotopic (exact) mass is 495 g/mol. The Balaban J connectivity index is 1.04. The number of carbonyl (C=O) groups is 1. The van der Waals surface area contributed by atoms with Crippen molar-refractivity contribution in [2.24, 2.45) is 17.8 Å². The van der Waals surface area contributed by atoms with Gasteiger partial charge in [0.15, 0.2) is 0 Å². The van der Waals surface area contributed by atoms with Crippen molar-refractivity contribution in [2.75, 3.05) is 37.7 Å². The lowest BCUT2D eigenvalue weighted by Gasteiger charge is -2.36. The van der Waals surface area contributed by atoms with E-state index in [4.69, 9.17) is 16.3 Å². The highest BCUT2D eigenvalue weighted by atomic mass is 35.5. The molecule has 2 atom stereocenters. The second-order valence-corrected chi connectivity index (χ2v) is 10.3. The fourth-order valence-electron chi connectivity index (χ4n) is 5.34. The normalized spacial score (nSPS) is 22.4. The summed E-state index contributed by atoms with van der Waals surface area (Å²) in [7, 11) is 0. The quantitative estimate of drug-likeness (QED) is 0.600. The van der Waals surface area contributed by atoms with Crippen LogP contribution in [-0.4, -0.2) is 64.8 Å². The van der Waals surface area contributed by atoms with Crippen LogP contribution in [-0.2, 0) is 11.2 Å². The van der Waals surface area contributed by atoms with E-state index in [0.29, 0.717) is 47.5 Å². The molecule has 3 heterocycles. The highest BCUT2D eigenvalue weighted by Crippen LogP contribution is 2.49. The van der Waals surface area contributed by atoms with Crippen LogP contribution in [0.4, 0.5) is 5.95 Å². The number of rotatable bonds is 8. The van der Waals surface area contributed by atoms with E-state index in [1.807, 2.05) is 6.07 Å². The molecule has 1 aliphatic carbocycles. The first-order chi connectivity index (χ1) is 17.0. The molecule has 1 aromatic carbocycles. The minimum absolute atomic E-state index is 0.0632. The topological polar surface area (TPSA) is 103 Å². The summed E-state index contributed by atoms with van der Waals surface area (Å²) >= 11 is 5.89. The van der Waals surface area contributed by atoms with Gasteiger partial charge in [0, 0.05) is 26.2 Å². The van der Waals surface area contributed by atoms with Gasteiger partial charge in [-0.05, 0) is 61.1 Å². The Bertz CT molecular complexity index is 1090. The molecule has 1 N–H and O–H groups in total. The van der Waals surface area contributed by atoms with Gasteiger partial charge in [-0.2, -0.15) is 5.26 Å². The predicted molar refractivity (Wildman–Crippen MR) is 131 cm³/mol. The lowest BCUT2D eigenvalue weighted by atomic mass is 9.90. The number of amides is 1. The zero-order chi connectivity index (χ0) is 24.4. The Morgan fingerprint density at radius 2 is 1.97 bits per heavy atom. The number of aliphatic hydroxyl groups is 1. The van der Waals surface area contributed by atoms with Crippen LogP contribution in [0, 0.1) is 29.1 Å². The van der Waals surface area contributed by atoms with Crippen LogP contribution in [0.3, 0.4) is 0 Å². The number of aliphatic hydroxyl groups excluding tert-OH is 1. The Morgan fingerprint density at radius 1 is 1.23 bits per heavy atom. The van der Waals surface area contributed by atoms with Crippen molar-refractivity contribution >= 4 is 23.5 Å². The molecule has 2 saturated heterocycles. The van der Waals surface area contributed by atoms with E-state index in [1.165, 1.54) is 6.42 Å². The van der Waals surface area contributed by atoms with Crippen molar-refractivity contribution in [2.45, 2.75) is 38.2 Å². The maximum atomic E-state index is 12.3. The lowest BCUT2D eigenvalue weighted by Crippen LogP contribution is -2.54. The Labute approximate surface area is 210 Å². The summed E-state index contributed by atoms with van der Waals surface area (Å²) in [5, 5.41) is 19.5. The van der Waals surface area contributed by atoms with Crippen molar-refractivity contribution in [1.82, 2.24) is 14.9 Å². The third kappa shape index (κ3) is 5.68. The molecule has 0 radical (unpaired) electrons. The predicted octanol–water partition coefficient (Wildman–Crippen LogP) is 3.07. The van der Waals surface area contributed by atoms with Crippen molar-refractivity contribution in [3.05, 3.63) is 46.7 Å². The van der Waals surface area contributed by atoms with E-state index in [0.717, 1.165) is 50.1 Å². The summed E-state index contributed by atoms with van der Waals surface area (Å²) in [5.74, 6) is 3.60. The molecule has 1 saturated carbocycles. The molecule has 2 aliphatic heterocycles. The maximum Gasteiger partial charge on any atom is 0.227 e. The minimum Gasteiger partial charge on any atom is -0.494 e. The number of β-amino-alcohol motifs (C(OH)–C–C–N with tert-alkyl or cyclic N) is 1. The molecular weight excluding hydrogens is 466 g/mol. The molecule has 0 unspecified atom stereocenters. The van der Waals surface area contributed by atoms with E-state index in [1.54, 1.807) is 29.4 Å². The van der Waals surface area contributed by atoms with E-state index in [9.17, 15) is 15.2 Å². The number of aromatic nitrogens is 2. The first-order valence-electron chi connectivity index (χ1n) is 12.3. The van der Waals surface area contributed by atoms with Gasteiger partial charge in [-0.15, -0.1) is 0 Å². The molecule has 3 fully saturated rings. The van der Waals surface area contributed by atoms with Gasteiger partial charge in [0.1, 0.15) is 5.75 Å². The summed E-state index contributed by atoms with van der Waals surface area (Å²) in [6, 6.07) is 7.56. The SMILES string of the molecule is N#Cc1cc(OCC[C@H]2C[C@H]2C2CCN(c3ncc(Cl)cn3)CC2)ccc1CC(=O)N1CC(O)C1. The molecule has 8 nitrogen and oxygen atoms in total. The number of likely N-dealkylation sites (tertiary alicyclic amines) is 1. The second kappa shape index (κ2) is 10.4. The molecule has 1 amide bonds. The number of nitriles is 1. The summed E-state index contributed by atoms with van der Waals surface area (Å²) in [4.78, 5) is 24.8. The van der Waals surface area contributed by atoms with Gasteiger partial charge in [-0.25, -0.2) is 9.97 Å². The summed E-state index contributed by atoms with van der Waals surface area (Å²) in [6.45, 7) is 3.35. The molecule has 9 heteroatoms. The average Bonchev–Trinajstić information content (AvgIpc) is 3.63. The standard InChI is InChI=1S/C26H30ClN5O3/c27-21-13-29-26(30-14-21)31-6-3-17(4-7-31)24-10-19(24)5-8-35-23-2-1-18(20(9-23)12-28)11-25(34)32-15-22(33)16-32/h1-2,9,13-14,17,19,22,24,33H,3-8,10-11,15-16H2/t19-,24-/m0/s1. The van der Waals surface area contributed by atoms with E-state index in [2.05, 4.69) is 20.9 Å². The van der Waals surface area contributed by atoms with Crippen LogP contribution < -0.4 is 9.64 Å². The average molecular weight is 496 g/mol. The summed E-state index contributed by atoms with van der Waals surface area (Å²) < 4.78 is 5.96. The van der Waals surface area contributed by atoms with Crippen LogP contribution in [0.1, 0.15) is 36.8 Å². The third-order valence-electron chi connectivity index (χ3n) is 7.53. The van der Waals surface area contributed by atoms with Crippen molar-refractivity contribution in [1.29, 1.82) is 5.26 Å². The first kappa shape index (κ1) is 23.8. The fourth-order valence-corrected chi connectivity index (χ4v) is 5.44. The number of piperidine rings is 1. The van der Waals surface area contributed by atoms with Gasteiger partial charge in [-0.3, -0.25) is 4.79 Å². The largest absolute Gasteiger partial charge is 0.494 e. The maximum absolute atomic E-state index is 12.3. The highest BCUT2D eigenvalue weighted by Gasteiger charge is 2.43. The van der Waals surface area contributed by atoms with Gasteiger partial charge in [0.2, 0.25) is 11.9 Å². The zero-order valence-corrected chi connectivity index (χ0v) is 20.4. The Kier molecular flexibility index (Phi) is 7.07. The van der Waals surface area contributed by atoms with Crippen LogP contribution >= 0.6 is 11.6 Å². The van der Waals surface area contributed by atoms with Crippen molar-refractivity contribution in [3.8, 4) is 11.8 Å². The zero-order valence-electron chi connectivity index (χ0n) is 19.6. The van der Waals surface area contributed by atoms with Crippen molar-refractivity contribution < 1.29 is 14.6 Å². The lowest BCUT2D eigenvalue weighted by molar-refractivity contribution is -0.140. The summed E-state index contributed by atoms with van der Waals surface area (Å²) in [5.41, 5.74) is 1.17. The number of nitrogens with zero attached hydrogens (tertiary/aromatic N) is 5. The highest BCUT2D eigenvalue weighted by molar-refractivity contribution is 6.30. The smallest absolute Gasteiger partial charge is 0.227 e. The van der Waals surface area contributed by atoms with Crippen molar-refractivity contribution in [3.63, 3.8) is 0 Å². The molecule has 35 heavy (non-hydrogen) atoms. The summed E-state index contributed by atoms with van der Waals surface area (Å²) in [6.07, 6.45) is 7.66. The fraction of sp³-hybridized carbons (Fsp3) is 0.538. The molecule has 5 rings (SSSR count). The number of carbonyl (C=O) groups excluding carboxylic acids is 1. The van der Waals surface area contributed by atoms with Gasteiger partial charge >= 0.3 is 0 Å². The number of anilines is 1. The molecule has 3 aliphatic rings. The van der Waals surface area contributed by atoms with E-state index < -0.39 is 6.10 Å². The van der Waals surface area contributed by atoms with Crippen LogP contribution in [0.2, 0.25) is 5.02 Å². The molecular formula is C26H30ClN5O3. The molecule has 0 spiro atoms. The number of ether oxygens (including phenoxy) is 1. The van der Waals surface area contributed by atoms with E-state index in [-0.39, 0.29) is 12.3 Å².